The molecule has 1 rings (SSSR count). The topological polar surface area (TPSA) is 55.8 Å². The van der Waals surface area contributed by atoms with Crippen LogP contribution in [0, 0.1) is 5.92 Å². The van der Waals surface area contributed by atoms with Gasteiger partial charge in [0.15, 0.2) is 5.76 Å². The highest BCUT2D eigenvalue weighted by Crippen LogP contribution is 2.38. The largest absolute Gasteiger partial charge is 0.493 e. The summed E-state index contributed by atoms with van der Waals surface area (Å²) >= 11 is 3.14. The van der Waals surface area contributed by atoms with Gasteiger partial charge in [0.2, 0.25) is 6.10 Å². The number of alkyl halides is 3. The van der Waals surface area contributed by atoms with Crippen LogP contribution in [-0.4, -0.2) is 30.5 Å². The van der Waals surface area contributed by atoms with Gasteiger partial charge in [-0.1, -0.05) is 41.6 Å². The first-order chi connectivity index (χ1) is 10.1. The summed E-state index contributed by atoms with van der Waals surface area (Å²) in [5.41, 5.74) is -0.842. The van der Waals surface area contributed by atoms with Gasteiger partial charge < -0.3 is 14.6 Å². The Morgan fingerprint density at radius 3 is 2.55 bits per heavy atom. The maximum absolute atomic E-state index is 13.0. The summed E-state index contributed by atoms with van der Waals surface area (Å²) in [7, 11) is 1.28. The Labute approximate surface area is 133 Å². The fraction of sp³-hybridized carbons (Fsp3) is 0.357. The third kappa shape index (κ3) is 4.16. The molecule has 122 valence electrons. The zero-order chi connectivity index (χ0) is 17.1. The van der Waals surface area contributed by atoms with E-state index in [2.05, 4.69) is 22.5 Å². The SMILES string of the molecule is C=C/C(Br)=C\C(OC)=C1\OC(C(F)(F)F)C(C(=O)O)=CC1C. The fourth-order valence-corrected chi connectivity index (χ4v) is 2.06. The van der Waals surface area contributed by atoms with Crippen molar-refractivity contribution in [2.45, 2.75) is 19.2 Å². The average molecular weight is 383 g/mol. The summed E-state index contributed by atoms with van der Waals surface area (Å²) in [5.74, 6) is -2.42. The number of rotatable bonds is 4. The summed E-state index contributed by atoms with van der Waals surface area (Å²) in [6, 6.07) is 0. The van der Waals surface area contributed by atoms with Crippen molar-refractivity contribution in [2.75, 3.05) is 7.11 Å². The van der Waals surface area contributed by atoms with E-state index in [0.29, 0.717) is 4.48 Å². The van der Waals surface area contributed by atoms with Crippen molar-refractivity contribution in [1.82, 2.24) is 0 Å². The predicted molar refractivity (Wildman–Crippen MR) is 77.1 cm³/mol. The molecule has 0 fully saturated rings. The van der Waals surface area contributed by atoms with Crippen molar-refractivity contribution in [2.24, 2.45) is 5.92 Å². The lowest BCUT2D eigenvalue weighted by molar-refractivity contribution is -0.204. The van der Waals surface area contributed by atoms with Crippen molar-refractivity contribution in [3.63, 3.8) is 0 Å². The van der Waals surface area contributed by atoms with Crippen LogP contribution < -0.4 is 0 Å². The highest BCUT2D eigenvalue weighted by molar-refractivity contribution is 9.11. The lowest BCUT2D eigenvalue weighted by Crippen LogP contribution is -2.39. The summed E-state index contributed by atoms with van der Waals surface area (Å²) in [6.07, 6.45) is -3.57. The standard InChI is InChI=1S/C14H14BrF3O4/c1-4-8(15)6-10(21-3)11-7(2)5-9(13(19)20)12(22-11)14(16,17)18/h4-7,12H,1H2,2-3H3,(H,19,20)/b8-6+,11-10-. The minimum absolute atomic E-state index is 0.0502. The summed E-state index contributed by atoms with van der Waals surface area (Å²) < 4.78 is 49.5. The Kier molecular flexibility index (Phi) is 5.87. The van der Waals surface area contributed by atoms with Crippen LogP contribution in [0.15, 0.2) is 46.4 Å². The maximum atomic E-state index is 13.0. The van der Waals surface area contributed by atoms with Crippen LogP contribution in [0.5, 0.6) is 0 Å². The number of aliphatic carboxylic acids is 1. The molecule has 4 nitrogen and oxygen atoms in total. The summed E-state index contributed by atoms with van der Waals surface area (Å²) in [6.45, 7) is 5.01. The number of ether oxygens (including phenoxy) is 2. The van der Waals surface area contributed by atoms with Crippen molar-refractivity contribution in [3.8, 4) is 0 Å². The first kappa shape index (κ1) is 18.3. The molecule has 0 bridgehead atoms. The fourth-order valence-electron chi connectivity index (χ4n) is 1.85. The van der Waals surface area contributed by atoms with Gasteiger partial charge in [0.1, 0.15) is 5.76 Å². The minimum atomic E-state index is -4.85. The van der Waals surface area contributed by atoms with Gasteiger partial charge in [-0.15, -0.1) is 0 Å². The van der Waals surface area contributed by atoms with Crippen LogP contribution in [0.2, 0.25) is 0 Å². The van der Waals surface area contributed by atoms with Crippen LogP contribution in [0.4, 0.5) is 13.2 Å². The molecule has 0 aromatic heterocycles. The second-order valence-electron chi connectivity index (χ2n) is 4.42. The molecule has 1 heterocycles. The van der Waals surface area contributed by atoms with Crippen molar-refractivity contribution in [1.29, 1.82) is 0 Å². The maximum Gasteiger partial charge on any atom is 0.429 e. The highest BCUT2D eigenvalue weighted by atomic mass is 79.9. The van der Waals surface area contributed by atoms with E-state index in [1.54, 1.807) is 0 Å². The number of carboxylic acids is 1. The van der Waals surface area contributed by atoms with Crippen LogP contribution >= 0.6 is 15.9 Å². The molecule has 0 spiro atoms. The zero-order valence-electron chi connectivity index (χ0n) is 11.8. The summed E-state index contributed by atoms with van der Waals surface area (Å²) in [4.78, 5) is 11.0. The third-order valence-electron chi connectivity index (χ3n) is 2.84. The van der Waals surface area contributed by atoms with Gasteiger partial charge in [-0.25, -0.2) is 4.79 Å². The zero-order valence-corrected chi connectivity index (χ0v) is 13.4. The molecule has 0 aromatic rings. The van der Waals surface area contributed by atoms with Gasteiger partial charge in [-0.3, -0.25) is 0 Å². The van der Waals surface area contributed by atoms with E-state index < -0.39 is 29.7 Å². The molecular formula is C14H14BrF3O4. The number of halogens is 4. The molecule has 1 aliphatic rings. The lowest BCUT2D eigenvalue weighted by atomic mass is 9.96. The molecule has 0 amide bonds. The van der Waals surface area contributed by atoms with Crippen LogP contribution in [0.1, 0.15) is 6.92 Å². The molecule has 0 saturated carbocycles. The number of methoxy groups -OCH3 is 1. The number of hydrogen-bond acceptors (Lipinski definition) is 3. The molecule has 1 N–H and O–H groups in total. The molecule has 8 heteroatoms. The van der Waals surface area contributed by atoms with E-state index in [0.717, 1.165) is 6.08 Å². The number of carboxylic acid groups (broad SMARTS) is 1. The molecule has 2 atom stereocenters. The smallest absolute Gasteiger partial charge is 0.429 e. The van der Waals surface area contributed by atoms with E-state index in [4.69, 9.17) is 14.6 Å². The Hall–Kier alpha value is -1.70. The number of carbonyl (C=O) groups is 1. The van der Waals surface area contributed by atoms with Gasteiger partial charge in [-0.2, -0.15) is 13.2 Å². The van der Waals surface area contributed by atoms with Gasteiger partial charge in [0, 0.05) is 10.4 Å². The monoisotopic (exact) mass is 382 g/mol. The highest BCUT2D eigenvalue weighted by Gasteiger charge is 2.49. The molecule has 0 aromatic carbocycles. The second-order valence-corrected chi connectivity index (χ2v) is 5.34. The molecular weight excluding hydrogens is 369 g/mol. The molecule has 2 unspecified atom stereocenters. The Morgan fingerprint density at radius 1 is 1.55 bits per heavy atom. The molecule has 0 aliphatic carbocycles. The van der Waals surface area contributed by atoms with E-state index in [-0.39, 0.29) is 11.5 Å². The Morgan fingerprint density at radius 2 is 2.14 bits per heavy atom. The second kappa shape index (κ2) is 7.04. The van der Waals surface area contributed by atoms with Gasteiger partial charge >= 0.3 is 12.1 Å². The van der Waals surface area contributed by atoms with E-state index in [9.17, 15) is 18.0 Å². The van der Waals surface area contributed by atoms with Crippen molar-refractivity contribution in [3.05, 3.63) is 46.4 Å². The van der Waals surface area contributed by atoms with Gasteiger partial charge in [0.05, 0.1) is 12.7 Å². The lowest BCUT2D eigenvalue weighted by Gasteiger charge is -2.31. The first-order valence-electron chi connectivity index (χ1n) is 6.08. The predicted octanol–water partition coefficient (Wildman–Crippen LogP) is 3.92. The Balaban J connectivity index is 3.42. The van der Waals surface area contributed by atoms with Crippen LogP contribution in [0.3, 0.4) is 0 Å². The molecule has 22 heavy (non-hydrogen) atoms. The molecule has 1 aliphatic heterocycles. The average Bonchev–Trinajstić information content (AvgIpc) is 2.43. The first-order valence-corrected chi connectivity index (χ1v) is 6.87. The minimum Gasteiger partial charge on any atom is -0.493 e. The van der Waals surface area contributed by atoms with E-state index in [1.165, 1.54) is 26.2 Å². The Bertz CT molecular complexity index is 561. The van der Waals surface area contributed by atoms with Crippen LogP contribution in [-0.2, 0) is 14.3 Å². The summed E-state index contributed by atoms with van der Waals surface area (Å²) in [5, 5.41) is 8.93. The normalized spacial score (nSPS) is 25.0. The van der Waals surface area contributed by atoms with Crippen molar-refractivity contribution >= 4 is 21.9 Å². The van der Waals surface area contributed by atoms with Gasteiger partial charge in [-0.05, 0) is 6.08 Å². The molecule has 0 saturated heterocycles. The number of hydrogen-bond donors (Lipinski definition) is 1. The van der Waals surface area contributed by atoms with E-state index in [1.807, 2.05) is 0 Å². The van der Waals surface area contributed by atoms with Crippen molar-refractivity contribution < 1.29 is 32.5 Å². The van der Waals surface area contributed by atoms with Crippen LogP contribution in [0.25, 0.3) is 0 Å². The quantitative estimate of drug-likeness (QED) is 0.591. The van der Waals surface area contributed by atoms with E-state index >= 15 is 0 Å². The number of allylic oxidation sites excluding steroid dienone is 4. The third-order valence-corrected chi connectivity index (χ3v) is 3.39. The van der Waals surface area contributed by atoms with Gasteiger partial charge in [0.25, 0.3) is 0 Å². The molecule has 0 radical (unpaired) electrons.